The average molecular weight is 255 g/mol. The van der Waals surface area contributed by atoms with E-state index in [1.807, 2.05) is 20.8 Å². The van der Waals surface area contributed by atoms with Crippen LogP contribution in [0.2, 0.25) is 0 Å². The fourth-order valence-electron chi connectivity index (χ4n) is 2.62. The van der Waals surface area contributed by atoms with Crippen LogP contribution in [0.3, 0.4) is 0 Å². The minimum atomic E-state index is -0.459. The van der Waals surface area contributed by atoms with Crippen molar-refractivity contribution in [1.29, 1.82) is 0 Å². The molecule has 1 heterocycles. The number of carbonyl (C=O) groups is 1. The monoisotopic (exact) mass is 255 g/mol. The lowest BCUT2D eigenvalue weighted by Gasteiger charge is -2.30. The molecule has 5 nitrogen and oxygen atoms in total. The van der Waals surface area contributed by atoms with E-state index in [-0.39, 0.29) is 17.7 Å². The van der Waals surface area contributed by atoms with E-state index in [1.165, 1.54) is 0 Å². The number of amides is 1. The van der Waals surface area contributed by atoms with Gasteiger partial charge in [-0.25, -0.2) is 4.79 Å². The van der Waals surface area contributed by atoms with Gasteiger partial charge in [0.05, 0.1) is 5.54 Å². The third-order valence-corrected chi connectivity index (χ3v) is 3.78. The van der Waals surface area contributed by atoms with Gasteiger partial charge in [0.2, 0.25) is 0 Å². The Balaban J connectivity index is 1.89. The second-order valence-electron chi connectivity index (χ2n) is 6.56. The Kier molecular flexibility index (Phi) is 3.56. The van der Waals surface area contributed by atoms with Crippen LogP contribution in [0, 0.1) is 5.92 Å². The second kappa shape index (κ2) is 4.70. The summed E-state index contributed by atoms with van der Waals surface area (Å²) in [7, 11) is 0. The molecule has 1 aliphatic carbocycles. The Hall–Kier alpha value is -0.810. The predicted molar refractivity (Wildman–Crippen MR) is 70.3 cm³/mol. The fraction of sp³-hybridized carbons (Fsp3) is 0.923. The van der Waals surface area contributed by atoms with Crippen LogP contribution in [-0.4, -0.2) is 36.4 Å². The highest BCUT2D eigenvalue weighted by atomic mass is 16.6. The molecule has 0 radical (unpaired) electrons. The lowest BCUT2D eigenvalue weighted by molar-refractivity contribution is 0.0480. The molecule has 1 amide bonds. The standard InChI is InChI=1S/C13H25N3O2/c1-12(2,3)18-11(17)16-13(5-6-13)10(14)9-4-7-15-8-9/h9-10,15H,4-8,14H2,1-3H3,(H,16,17). The molecule has 1 saturated carbocycles. The van der Waals surface area contributed by atoms with Gasteiger partial charge in [0, 0.05) is 6.04 Å². The van der Waals surface area contributed by atoms with Gasteiger partial charge in [0.25, 0.3) is 0 Å². The molecule has 0 bridgehead atoms. The summed E-state index contributed by atoms with van der Waals surface area (Å²) >= 11 is 0. The van der Waals surface area contributed by atoms with E-state index < -0.39 is 5.60 Å². The quantitative estimate of drug-likeness (QED) is 0.702. The summed E-state index contributed by atoms with van der Waals surface area (Å²) in [4.78, 5) is 11.8. The van der Waals surface area contributed by atoms with Crippen molar-refractivity contribution in [2.45, 2.75) is 57.2 Å². The lowest BCUT2D eigenvalue weighted by atomic mass is 9.91. The first-order chi connectivity index (χ1) is 8.32. The van der Waals surface area contributed by atoms with E-state index in [0.717, 1.165) is 32.4 Å². The number of alkyl carbamates (subject to hydrolysis) is 1. The number of nitrogens with two attached hydrogens (primary N) is 1. The fourth-order valence-corrected chi connectivity index (χ4v) is 2.62. The van der Waals surface area contributed by atoms with Gasteiger partial charge in [0.15, 0.2) is 0 Å². The van der Waals surface area contributed by atoms with Gasteiger partial charge >= 0.3 is 6.09 Å². The van der Waals surface area contributed by atoms with E-state index in [0.29, 0.717) is 5.92 Å². The van der Waals surface area contributed by atoms with Crippen LogP contribution >= 0.6 is 0 Å². The Morgan fingerprint density at radius 3 is 2.61 bits per heavy atom. The highest BCUT2D eigenvalue weighted by Gasteiger charge is 2.52. The number of carbonyl (C=O) groups excluding carboxylic acids is 1. The summed E-state index contributed by atoms with van der Waals surface area (Å²) in [5.41, 5.74) is 5.64. The molecule has 0 spiro atoms. The first-order valence-corrected chi connectivity index (χ1v) is 6.80. The maximum Gasteiger partial charge on any atom is 0.408 e. The summed E-state index contributed by atoms with van der Waals surface area (Å²) in [6.45, 7) is 7.59. The molecule has 1 saturated heterocycles. The Labute approximate surface area is 109 Å². The van der Waals surface area contributed by atoms with Gasteiger partial charge in [-0.1, -0.05) is 0 Å². The number of rotatable bonds is 3. The van der Waals surface area contributed by atoms with E-state index >= 15 is 0 Å². The Morgan fingerprint density at radius 2 is 2.17 bits per heavy atom. The molecular formula is C13H25N3O2. The van der Waals surface area contributed by atoms with Crippen molar-refractivity contribution >= 4 is 6.09 Å². The second-order valence-corrected chi connectivity index (χ2v) is 6.56. The van der Waals surface area contributed by atoms with E-state index in [9.17, 15) is 4.79 Å². The van der Waals surface area contributed by atoms with Gasteiger partial charge in [-0.05, 0) is 59.0 Å². The van der Waals surface area contributed by atoms with E-state index in [4.69, 9.17) is 10.5 Å². The third-order valence-electron chi connectivity index (χ3n) is 3.78. The third kappa shape index (κ3) is 3.14. The van der Waals surface area contributed by atoms with Crippen LogP contribution in [0.1, 0.15) is 40.0 Å². The summed E-state index contributed by atoms with van der Waals surface area (Å²) in [6.07, 6.45) is 2.67. The average Bonchev–Trinajstić information content (AvgIpc) is 2.79. The van der Waals surface area contributed by atoms with Crippen LogP contribution < -0.4 is 16.4 Å². The molecule has 104 valence electrons. The van der Waals surface area contributed by atoms with Crippen molar-refractivity contribution < 1.29 is 9.53 Å². The Morgan fingerprint density at radius 1 is 1.50 bits per heavy atom. The molecule has 0 aromatic heterocycles. The summed E-state index contributed by atoms with van der Waals surface area (Å²) in [5.74, 6) is 0.461. The van der Waals surface area contributed by atoms with Crippen molar-refractivity contribution in [1.82, 2.24) is 10.6 Å². The van der Waals surface area contributed by atoms with Crippen molar-refractivity contribution in [2.75, 3.05) is 13.1 Å². The first kappa shape index (κ1) is 13.6. The van der Waals surface area contributed by atoms with Crippen LogP contribution in [0.5, 0.6) is 0 Å². The van der Waals surface area contributed by atoms with Crippen LogP contribution in [-0.2, 0) is 4.74 Å². The van der Waals surface area contributed by atoms with Crippen LogP contribution in [0.25, 0.3) is 0 Å². The maximum absolute atomic E-state index is 11.8. The summed E-state index contributed by atoms with van der Waals surface area (Å²) in [5, 5.41) is 6.31. The lowest BCUT2D eigenvalue weighted by Crippen LogP contribution is -2.54. The molecule has 2 fully saturated rings. The number of hydrogen-bond acceptors (Lipinski definition) is 4. The predicted octanol–water partition coefficient (Wildman–Crippen LogP) is 0.980. The largest absolute Gasteiger partial charge is 0.444 e. The van der Waals surface area contributed by atoms with Crippen molar-refractivity contribution in [3.63, 3.8) is 0 Å². The van der Waals surface area contributed by atoms with Gasteiger partial charge in [0.1, 0.15) is 5.60 Å². The van der Waals surface area contributed by atoms with Crippen molar-refractivity contribution in [3.8, 4) is 0 Å². The number of nitrogens with one attached hydrogen (secondary N) is 2. The topological polar surface area (TPSA) is 76.4 Å². The summed E-state index contributed by atoms with van der Waals surface area (Å²) in [6, 6.07) is 0.0278. The normalized spacial score (nSPS) is 27.7. The van der Waals surface area contributed by atoms with E-state index in [1.54, 1.807) is 0 Å². The molecule has 2 rings (SSSR count). The van der Waals surface area contributed by atoms with Gasteiger partial charge in [-0.15, -0.1) is 0 Å². The number of ether oxygens (including phenoxy) is 1. The minimum absolute atomic E-state index is 0.0278. The first-order valence-electron chi connectivity index (χ1n) is 6.80. The van der Waals surface area contributed by atoms with E-state index in [2.05, 4.69) is 10.6 Å². The molecule has 2 aliphatic rings. The van der Waals surface area contributed by atoms with Crippen molar-refractivity contribution in [3.05, 3.63) is 0 Å². The highest BCUT2D eigenvalue weighted by Crippen LogP contribution is 2.41. The Bertz CT molecular complexity index is 315. The van der Waals surface area contributed by atoms with Gasteiger partial charge < -0.3 is 21.1 Å². The smallest absolute Gasteiger partial charge is 0.408 e. The molecule has 0 aromatic rings. The minimum Gasteiger partial charge on any atom is -0.444 e. The maximum atomic E-state index is 11.8. The van der Waals surface area contributed by atoms with Crippen molar-refractivity contribution in [2.24, 2.45) is 11.7 Å². The SMILES string of the molecule is CC(C)(C)OC(=O)NC1(C(N)C2CCNC2)CC1. The molecule has 5 heteroatoms. The van der Waals surface area contributed by atoms with Crippen LogP contribution in [0.4, 0.5) is 4.79 Å². The van der Waals surface area contributed by atoms with Gasteiger partial charge in [-0.2, -0.15) is 0 Å². The van der Waals surface area contributed by atoms with Crippen LogP contribution in [0.15, 0.2) is 0 Å². The molecule has 1 aliphatic heterocycles. The summed E-state index contributed by atoms with van der Waals surface area (Å²) < 4.78 is 5.31. The molecule has 18 heavy (non-hydrogen) atoms. The molecule has 4 N–H and O–H groups in total. The zero-order valence-electron chi connectivity index (χ0n) is 11.6. The molecular weight excluding hydrogens is 230 g/mol. The number of hydrogen-bond donors (Lipinski definition) is 3. The highest BCUT2D eigenvalue weighted by molar-refractivity contribution is 5.69. The molecule has 2 atom stereocenters. The molecule has 2 unspecified atom stereocenters. The molecule has 0 aromatic carbocycles. The van der Waals surface area contributed by atoms with Gasteiger partial charge in [-0.3, -0.25) is 0 Å². The zero-order chi connectivity index (χ0) is 13.4. The zero-order valence-corrected chi connectivity index (χ0v) is 11.6.